The molecular weight excluding hydrogens is 517 g/mol. The van der Waals surface area contributed by atoms with E-state index in [9.17, 15) is 4.79 Å². The molecule has 2 aromatic carbocycles. The van der Waals surface area contributed by atoms with Crippen molar-refractivity contribution in [1.82, 2.24) is 10.6 Å². The summed E-state index contributed by atoms with van der Waals surface area (Å²) >= 11 is 6.11. The first-order valence-electron chi connectivity index (χ1n) is 9.51. The number of rotatable bonds is 7. The third-order valence-corrected chi connectivity index (χ3v) is 4.90. The lowest BCUT2D eigenvalue weighted by Crippen LogP contribution is -2.44. The van der Waals surface area contributed by atoms with Gasteiger partial charge in [0.1, 0.15) is 5.75 Å². The maximum Gasteiger partial charge on any atom is 0.255 e. The lowest BCUT2D eigenvalue weighted by atomic mass is 10.2. The highest BCUT2D eigenvalue weighted by Gasteiger charge is 2.23. The molecule has 30 heavy (non-hydrogen) atoms. The fourth-order valence-corrected chi connectivity index (χ4v) is 3.44. The Balaban J connectivity index is 0.00000320. The van der Waals surface area contributed by atoms with Gasteiger partial charge in [-0.3, -0.25) is 9.79 Å². The summed E-state index contributed by atoms with van der Waals surface area (Å²) in [5, 5.41) is 7.55. The number of hydrogen-bond acceptors (Lipinski definition) is 4. The number of carbonyl (C=O) groups is 1. The molecule has 3 rings (SSSR count). The monoisotopic (exact) mass is 543 g/mol. The lowest BCUT2D eigenvalue weighted by molar-refractivity contribution is -0.119. The van der Waals surface area contributed by atoms with Crippen molar-refractivity contribution in [2.24, 2.45) is 10.7 Å². The standard InChI is InChI=1S/C21H26ClN5O2.HI/c1-24-21(25-12-15-4-2-7-19(10-15)29-14-20(23)28)26-17-8-9-27(13-17)18-6-3-5-16(22)11-18;/h2-7,10-11,17H,8-9,12-14H2,1H3,(H2,23,28)(H2,24,25,26);1H. The van der Waals surface area contributed by atoms with Gasteiger partial charge in [0, 0.05) is 43.4 Å². The van der Waals surface area contributed by atoms with E-state index in [0.29, 0.717) is 18.3 Å². The maximum absolute atomic E-state index is 10.9. The Bertz CT molecular complexity index is 880. The second-order valence-electron chi connectivity index (χ2n) is 6.88. The van der Waals surface area contributed by atoms with E-state index in [-0.39, 0.29) is 30.6 Å². The molecule has 9 heteroatoms. The number of primary amides is 1. The van der Waals surface area contributed by atoms with Crippen LogP contribution in [0.15, 0.2) is 53.5 Å². The first-order valence-corrected chi connectivity index (χ1v) is 9.89. The van der Waals surface area contributed by atoms with E-state index < -0.39 is 5.91 Å². The number of anilines is 1. The van der Waals surface area contributed by atoms with Crippen LogP contribution < -0.4 is 26.0 Å². The fraction of sp³-hybridized carbons (Fsp3) is 0.333. The zero-order valence-corrected chi connectivity index (χ0v) is 19.9. The van der Waals surface area contributed by atoms with Crippen molar-refractivity contribution in [2.75, 3.05) is 31.6 Å². The number of ether oxygens (including phenoxy) is 1. The van der Waals surface area contributed by atoms with Crippen LogP contribution in [0, 0.1) is 0 Å². The van der Waals surface area contributed by atoms with Gasteiger partial charge in [-0.1, -0.05) is 29.8 Å². The van der Waals surface area contributed by atoms with Crippen LogP contribution in [-0.4, -0.2) is 44.7 Å². The smallest absolute Gasteiger partial charge is 0.255 e. The summed E-state index contributed by atoms with van der Waals surface area (Å²) in [7, 11) is 1.76. The third-order valence-electron chi connectivity index (χ3n) is 4.67. The predicted molar refractivity (Wildman–Crippen MR) is 132 cm³/mol. The van der Waals surface area contributed by atoms with Crippen LogP contribution in [0.5, 0.6) is 5.75 Å². The van der Waals surface area contributed by atoms with Crippen LogP contribution in [0.4, 0.5) is 5.69 Å². The van der Waals surface area contributed by atoms with E-state index in [1.165, 1.54) is 0 Å². The summed E-state index contributed by atoms with van der Waals surface area (Å²) in [4.78, 5) is 17.5. The van der Waals surface area contributed by atoms with Crippen LogP contribution in [0.25, 0.3) is 0 Å². The highest BCUT2D eigenvalue weighted by Crippen LogP contribution is 2.23. The molecule has 0 aliphatic carbocycles. The number of nitrogens with zero attached hydrogens (tertiary/aromatic N) is 2. The van der Waals surface area contributed by atoms with Crippen LogP contribution in [0.1, 0.15) is 12.0 Å². The Kier molecular flexibility index (Phi) is 9.51. The van der Waals surface area contributed by atoms with Gasteiger partial charge < -0.3 is 26.0 Å². The first kappa shape index (κ1) is 24.1. The number of amides is 1. The number of halogens is 2. The number of guanidine groups is 1. The molecule has 1 aliphatic heterocycles. The zero-order valence-electron chi connectivity index (χ0n) is 16.8. The van der Waals surface area contributed by atoms with Gasteiger partial charge >= 0.3 is 0 Å². The highest BCUT2D eigenvalue weighted by atomic mass is 127. The van der Waals surface area contributed by atoms with Crippen molar-refractivity contribution in [3.05, 3.63) is 59.1 Å². The summed E-state index contributed by atoms with van der Waals surface area (Å²) in [5.41, 5.74) is 7.27. The molecule has 1 aliphatic rings. The minimum atomic E-state index is -0.499. The van der Waals surface area contributed by atoms with Gasteiger partial charge in [-0.05, 0) is 42.3 Å². The van der Waals surface area contributed by atoms with Crippen molar-refractivity contribution >= 4 is 53.1 Å². The van der Waals surface area contributed by atoms with Gasteiger partial charge in [-0.15, -0.1) is 24.0 Å². The van der Waals surface area contributed by atoms with E-state index in [0.717, 1.165) is 41.7 Å². The highest BCUT2D eigenvalue weighted by molar-refractivity contribution is 14.0. The van der Waals surface area contributed by atoms with Crippen LogP contribution in [0.3, 0.4) is 0 Å². The molecule has 2 aromatic rings. The number of nitrogens with one attached hydrogen (secondary N) is 2. The van der Waals surface area contributed by atoms with Crippen molar-refractivity contribution in [3.63, 3.8) is 0 Å². The van der Waals surface area contributed by atoms with Gasteiger partial charge in [0.15, 0.2) is 12.6 Å². The van der Waals surface area contributed by atoms with E-state index in [1.54, 1.807) is 13.1 Å². The largest absolute Gasteiger partial charge is 0.484 e. The molecule has 0 aromatic heterocycles. The van der Waals surface area contributed by atoms with Crippen LogP contribution >= 0.6 is 35.6 Å². The number of hydrogen-bond donors (Lipinski definition) is 3. The average molecular weight is 544 g/mol. The first-order chi connectivity index (χ1) is 14.0. The molecule has 1 amide bonds. The second-order valence-corrected chi connectivity index (χ2v) is 7.32. The fourth-order valence-electron chi connectivity index (χ4n) is 3.26. The Morgan fingerprint density at radius 2 is 2.10 bits per heavy atom. The molecule has 1 fully saturated rings. The van der Waals surface area contributed by atoms with Crippen molar-refractivity contribution in [1.29, 1.82) is 0 Å². The average Bonchev–Trinajstić information content (AvgIpc) is 3.18. The Hall–Kier alpha value is -2.20. The second kappa shape index (κ2) is 11.8. The molecule has 162 valence electrons. The van der Waals surface area contributed by atoms with E-state index in [2.05, 4.69) is 26.6 Å². The SMILES string of the molecule is CN=C(NCc1cccc(OCC(N)=O)c1)NC1CCN(c2cccc(Cl)c2)C1.I. The molecule has 4 N–H and O–H groups in total. The molecule has 7 nitrogen and oxygen atoms in total. The summed E-state index contributed by atoms with van der Waals surface area (Å²) in [5.74, 6) is 0.854. The van der Waals surface area contributed by atoms with Crippen molar-refractivity contribution < 1.29 is 9.53 Å². The summed E-state index contributed by atoms with van der Waals surface area (Å²) in [6, 6.07) is 15.8. The predicted octanol–water partition coefficient (Wildman–Crippen LogP) is 2.77. The lowest BCUT2D eigenvalue weighted by Gasteiger charge is -2.20. The number of benzene rings is 2. The molecule has 1 saturated heterocycles. The number of carbonyl (C=O) groups excluding carboxylic acids is 1. The van der Waals surface area contributed by atoms with Gasteiger partial charge in [-0.25, -0.2) is 0 Å². The van der Waals surface area contributed by atoms with Gasteiger partial charge in [0.25, 0.3) is 5.91 Å². The zero-order chi connectivity index (χ0) is 20.6. The van der Waals surface area contributed by atoms with E-state index in [1.807, 2.05) is 36.4 Å². The maximum atomic E-state index is 10.9. The molecule has 0 radical (unpaired) electrons. The molecule has 0 spiro atoms. The Labute approximate surface area is 199 Å². The summed E-state index contributed by atoms with van der Waals surface area (Å²) < 4.78 is 5.35. The van der Waals surface area contributed by atoms with Crippen molar-refractivity contribution in [2.45, 2.75) is 19.0 Å². The van der Waals surface area contributed by atoms with Gasteiger partial charge in [-0.2, -0.15) is 0 Å². The van der Waals surface area contributed by atoms with Crippen molar-refractivity contribution in [3.8, 4) is 5.75 Å². The number of nitrogens with two attached hydrogens (primary N) is 1. The molecular formula is C21H27ClIN5O2. The van der Waals surface area contributed by atoms with E-state index in [4.69, 9.17) is 22.1 Å². The third kappa shape index (κ3) is 7.24. The minimum absolute atomic E-state index is 0. The molecule has 0 bridgehead atoms. The van der Waals surface area contributed by atoms with Gasteiger partial charge in [0.05, 0.1) is 0 Å². The molecule has 1 heterocycles. The normalized spacial score (nSPS) is 16.0. The van der Waals surface area contributed by atoms with Gasteiger partial charge in [0.2, 0.25) is 0 Å². The number of aliphatic imine (C=N–C) groups is 1. The quantitative estimate of drug-likeness (QED) is 0.284. The summed E-state index contributed by atoms with van der Waals surface area (Å²) in [6.45, 7) is 2.30. The van der Waals surface area contributed by atoms with E-state index >= 15 is 0 Å². The Morgan fingerprint density at radius 1 is 1.30 bits per heavy atom. The molecule has 0 saturated carbocycles. The summed E-state index contributed by atoms with van der Waals surface area (Å²) in [6.07, 6.45) is 1.02. The minimum Gasteiger partial charge on any atom is -0.484 e. The molecule has 1 unspecified atom stereocenters. The van der Waals surface area contributed by atoms with Crippen LogP contribution in [-0.2, 0) is 11.3 Å². The Morgan fingerprint density at radius 3 is 2.83 bits per heavy atom. The van der Waals surface area contributed by atoms with Crippen LogP contribution in [0.2, 0.25) is 5.02 Å². The topological polar surface area (TPSA) is 92.0 Å². The molecule has 1 atom stereocenters.